The third kappa shape index (κ3) is 3.54. The molecule has 8 nitrogen and oxygen atoms in total. The summed E-state index contributed by atoms with van der Waals surface area (Å²) in [7, 11) is 0. The number of rotatable bonds is 5. The van der Waals surface area contributed by atoms with Crippen molar-refractivity contribution in [1.82, 2.24) is 10.2 Å². The molecule has 26 heavy (non-hydrogen) atoms. The maximum absolute atomic E-state index is 12.7. The molecule has 1 aromatic rings. The number of nitrogens with one attached hydrogen (secondary N) is 2. The first-order valence-electron chi connectivity index (χ1n) is 8.65. The molecule has 1 heterocycles. The number of aliphatic carboxylic acids is 1. The Morgan fingerprint density at radius 1 is 1.15 bits per heavy atom. The molecule has 1 aliphatic carbocycles. The lowest BCUT2D eigenvalue weighted by Gasteiger charge is -2.30. The Balaban J connectivity index is 1.68. The number of imide groups is 1. The van der Waals surface area contributed by atoms with Gasteiger partial charge in [0.2, 0.25) is 5.91 Å². The molecule has 1 aromatic carbocycles. The van der Waals surface area contributed by atoms with E-state index in [0.29, 0.717) is 24.1 Å². The normalized spacial score (nSPS) is 18.7. The molecule has 0 atom stereocenters. The molecule has 1 aliphatic heterocycles. The lowest BCUT2D eigenvalue weighted by molar-refractivity contribution is -0.136. The molecule has 3 N–H and O–H groups in total. The first-order chi connectivity index (χ1) is 12.4. The number of carbonyl (C=O) groups excluding carboxylic acids is 3. The summed E-state index contributed by atoms with van der Waals surface area (Å²) in [6.07, 6.45) is 3.73. The SMILES string of the molecule is O=C(O)Cc1ccccc1NC(=O)CN1C(=O)NC2(CCCCC2)C1=O. The topological polar surface area (TPSA) is 116 Å². The van der Waals surface area contributed by atoms with Crippen LogP contribution >= 0.6 is 0 Å². The summed E-state index contributed by atoms with van der Waals surface area (Å²) in [6.45, 7) is -0.395. The number of nitrogens with zero attached hydrogens (tertiary/aromatic N) is 1. The Labute approximate surface area is 150 Å². The molecular weight excluding hydrogens is 338 g/mol. The van der Waals surface area contributed by atoms with Crippen molar-refractivity contribution in [1.29, 1.82) is 0 Å². The minimum absolute atomic E-state index is 0.233. The van der Waals surface area contributed by atoms with Gasteiger partial charge in [-0.05, 0) is 24.5 Å². The van der Waals surface area contributed by atoms with Gasteiger partial charge in [-0.3, -0.25) is 19.3 Å². The molecule has 3 rings (SSSR count). The van der Waals surface area contributed by atoms with Crippen LogP contribution in [0.25, 0.3) is 0 Å². The van der Waals surface area contributed by atoms with Crippen molar-refractivity contribution in [3.05, 3.63) is 29.8 Å². The average Bonchev–Trinajstić information content (AvgIpc) is 2.81. The minimum atomic E-state index is -1.01. The number of para-hydroxylation sites is 1. The lowest BCUT2D eigenvalue weighted by atomic mass is 9.82. The molecule has 1 saturated carbocycles. The van der Waals surface area contributed by atoms with Gasteiger partial charge in [0.15, 0.2) is 0 Å². The maximum Gasteiger partial charge on any atom is 0.325 e. The quantitative estimate of drug-likeness (QED) is 0.689. The zero-order valence-corrected chi connectivity index (χ0v) is 14.3. The largest absolute Gasteiger partial charge is 0.481 e. The molecule has 1 spiro atoms. The molecule has 0 radical (unpaired) electrons. The Morgan fingerprint density at radius 3 is 2.54 bits per heavy atom. The Hall–Kier alpha value is -2.90. The van der Waals surface area contributed by atoms with Gasteiger partial charge in [-0.15, -0.1) is 0 Å². The van der Waals surface area contributed by atoms with Crippen LogP contribution in [-0.4, -0.2) is 45.9 Å². The molecule has 138 valence electrons. The molecular formula is C18H21N3O5. The zero-order chi connectivity index (χ0) is 18.7. The van der Waals surface area contributed by atoms with Crippen LogP contribution in [0.5, 0.6) is 0 Å². The fourth-order valence-corrected chi connectivity index (χ4v) is 3.61. The predicted molar refractivity (Wildman–Crippen MR) is 92.5 cm³/mol. The highest BCUT2D eigenvalue weighted by molar-refractivity contribution is 6.10. The Bertz CT molecular complexity index is 755. The first kappa shape index (κ1) is 17.9. The van der Waals surface area contributed by atoms with Gasteiger partial charge in [-0.2, -0.15) is 0 Å². The summed E-state index contributed by atoms with van der Waals surface area (Å²) in [5.74, 6) is -1.91. The molecule has 0 aromatic heterocycles. The summed E-state index contributed by atoms with van der Waals surface area (Å²) in [5.41, 5.74) is -0.0507. The summed E-state index contributed by atoms with van der Waals surface area (Å²) >= 11 is 0. The molecule has 2 aliphatic rings. The highest BCUT2D eigenvalue weighted by Crippen LogP contribution is 2.33. The number of amides is 4. The Kier molecular flexibility index (Phi) is 4.92. The van der Waals surface area contributed by atoms with Gasteiger partial charge < -0.3 is 15.7 Å². The summed E-state index contributed by atoms with van der Waals surface area (Å²) in [5, 5.41) is 14.3. The second-order valence-corrected chi connectivity index (χ2v) is 6.74. The zero-order valence-electron chi connectivity index (χ0n) is 14.3. The van der Waals surface area contributed by atoms with E-state index in [0.717, 1.165) is 24.2 Å². The number of carboxylic acid groups (broad SMARTS) is 1. The first-order valence-corrected chi connectivity index (χ1v) is 8.65. The number of carboxylic acids is 1. The van der Waals surface area contributed by atoms with Gasteiger partial charge in [-0.1, -0.05) is 37.5 Å². The van der Waals surface area contributed by atoms with Crippen LogP contribution in [0.3, 0.4) is 0 Å². The fraction of sp³-hybridized carbons (Fsp3) is 0.444. The number of anilines is 1. The maximum atomic E-state index is 12.7. The number of benzene rings is 1. The van der Waals surface area contributed by atoms with Crippen LogP contribution in [0.15, 0.2) is 24.3 Å². The average molecular weight is 359 g/mol. The fourth-order valence-electron chi connectivity index (χ4n) is 3.61. The second kappa shape index (κ2) is 7.15. The van der Waals surface area contributed by atoms with Crippen molar-refractivity contribution in [2.75, 3.05) is 11.9 Å². The van der Waals surface area contributed by atoms with E-state index in [-0.39, 0.29) is 12.3 Å². The highest BCUT2D eigenvalue weighted by Gasteiger charge is 2.51. The summed E-state index contributed by atoms with van der Waals surface area (Å²) in [6, 6.07) is 5.99. The Morgan fingerprint density at radius 2 is 1.85 bits per heavy atom. The van der Waals surface area contributed by atoms with E-state index in [1.165, 1.54) is 0 Å². The van der Waals surface area contributed by atoms with Crippen LogP contribution in [0, 0.1) is 0 Å². The number of hydrogen-bond acceptors (Lipinski definition) is 4. The van der Waals surface area contributed by atoms with Crippen molar-refractivity contribution in [3.8, 4) is 0 Å². The third-order valence-corrected chi connectivity index (χ3v) is 4.89. The standard InChI is InChI=1S/C18H21N3O5/c22-14(19-13-7-3-2-6-12(13)10-15(23)24)11-21-16(25)18(20-17(21)26)8-4-1-5-9-18/h2-3,6-7H,1,4-5,8-11H2,(H,19,22)(H,20,26)(H,23,24). The smallest absolute Gasteiger partial charge is 0.325 e. The van der Waals surface area contributed by atoms with Crippen molar-refractivity contribution in [3.63, 3.8) is 0 Å². The highest BCUT2D eigenvalue weighted by atomic mass is 16.4. The van der Waals surface area contributed by atoms with E-state index in [9.17, 15) is 19.2 Å². The molecule has 0 bridgehead atoms. The third-order valence-electron chi connectivity index (χ3n) is 4.89. The second-order valence-electron chi connectivity index (χ2n) is 6.74. The van der Waals surface area contributed by atoms with Crippen LogP contribution in [0.4, 0.5) is 10.5 Å². The van der Waals surface area contributed by atoms with E-state index in [4.69, 9.17) is 5.11 Å². The van der Waals surface area contributed by atoms with Crippen LogP contribution in [0.1, 0.15) is 37.7 Å². The minimum Gasteiger partial charge on any atom is -0.481 e. The van der Waals surface area contributed by atoms with Crippen LogP contribution < -0.4 is 10.6 Å². The molecule has 4 amide bonds. The van der Waals surface area contributed by atoms with E-state index < -0.39 is 30.0 Å². The van der Waals surface area contributed by atoms with E-state index in [1.807, 2.05) is 0 Å². The lowest BCUT2D eigenvalue weighted by Crippen LogP contribution is -2.48. The molecule has 1 saturated heterocycles. The van der Waals surface area contributed by atoms with Gasteiger partial charge in [0, 0.05) is 5.69 Å². The summed E-state index contributed by atoms with van der Waals surface area (Å²) < 4.78 is 0. The monoisotopic (exact) mass is 359 g/mol. The number of carbonyl (C=O) groups is 4. The van der Waals surface area contributed by atoms with E-state index in [1.54, 1.807) is 24.3 Å². The van der Waals surface area contributed by atoms with Gasteiger partial charge in [0.25, 0.3) is 5.91 Å². The van der Waals surface area contributed by atoms with E-state index >= 15 is 0 Å². The molecule has 0 unspecified atom stereocenters. The number of urea groups is 1. The van der Waals surface area contributed by atoms with Crippen LogP contribution in [-0.2, 0) is 20.8 Å². The predicted octanol–water partition coefficient (Wildman–Crippen LogP) is 1.51. The van der Waals surface area contributed by atoms with E-state index in [2.05, 4.69) is 10.6 Å². The van der Waals surface area contributed by atoms with Crippen molar-refractivity contribution in [2.45, 2.75) is 44.1 Å². The van der Waals surface area contributed by atoms with Gasteiger partial charge in [0.05, 0.1) is 6.42 Å². The van der Waals surface area contributed by atoms with Gasteiger partial charge >= 0.3 is 12.0 Å². The van der Waals surface area contributed by atoms with Crippen molar-refractivity contribution in [2.24, 2.45) is 0 Å². The van der Waals surface area contributed by atoms with Gasteiger partial charge in [-0.25, -0.2) is 4.79 Å². The van der Waals surface area contributed by atoms with Crippen molar-refractivity contribution < 1.29 is 24.3 Å². The molecule has 8 heteroatoms. The van der Waals surface area contributed by atoms with Crippen LogP contribution in [0.2, 0.25) is 0 Å². The number of hydrogen-bond donors (Lipinski definition) is 3. The summed E-state index contributed by atoms with van der Waals surface area (Å²) in [4.78, 5) is 49.1. The molecule has 2 fully saturated rings. The van der Waals surface area contributed by atoms with Gasteiger partial charge in [0.1, 0.15) is 12.1 Å². The van der Waals surface area contributed by atoms with Crippen molar-refractivity contribution >= 4 is 29.5 Å².